The lowest BCUT2D eigenvalue weighted by atomic mass is 9.75. The van der Waals surface area contributed by atoms with E-state index < -0.39 is 0 Å². The van der Waals surface area contributed by atoms with Crippen LogP contribution >= 0.6 is 0 Å². The highest BCUT2D eigenvalue weighted by atomic mass is 16.5. The molecule has 0 aromatic carbocycles. The Kier molecular flexibility index (Phi) is 6.57. The molecule has 2 nitrogen and oxygen atoms in total. The van der Waals surface area contributed by atoms with Gasteiger partial charge in [-0.2, -0.15) is 0 Å². The Morgan fingerprint density at radius 2 is 1.90 bits per heavy atom. The Labute approximate surface area is 125 Å². The van der Waals surface area contributed by atoms with Crippen LogP contribution in [0.4, 0.5) is 0 Å². The maximum absolute atomic E-state index is 6.13. The number of rotatable bonds is 6. The lowest BCUT2D eigenvalue weighted by molar-refractivity contribution is -0.0592. The van der Waals surface area contributed by atoms with Crippen LogP contribution in [0.1, 0.15) is 77.6 Å². The average molecular weight is 279 g/mol. The molecule has 0 aliphatic heterocycles. The van der Waals surface area contributed by atoms with E-state index in [1.54, 1.807) is 5.57 Å². The molecule has 0 radical (unpaired) electrons. The minimum atomic E-state index is 0.0591. The molecule has 0 saturated heterocycles. The van der Waals surface area contributed by atoms with Crippen molar-refractivity contribution < 1.29 is 4.74 Å². The molecule has 2 heteroatoms. The first-order chi connectivity index (χ1) is 9.82. The van der Waals surface area contributed by atoms with Gasteiger partial charge in [0.15, 0.2) is 0 Å². The monoisotopic (exact) mass is 279 g/mol. The summed E-state index contributed by atoms with van der Waals surface area (Å²) in [6.45, 7) is 3.36. The van der Waals surface area contributed by atoms with E-state index in [0.717, 1.165) is 6.54 Å². The Morgan fingerprint density at radius 3 is 2.60 bits per heavy atom. The lowest BCUT2D eigenvalue weighted by Gasteiger charge is -2.44. The van der Waals surface area contributed by atoms with Crippen molar-refractivity contribution in [2.45, 2.75) is 89.2 Å². The molecular formula is C18H33NO. The van der Waals surface area contributed by atoms with E-state index in [1.807, 2.05) is 7.11 Å². The fraction of sp³-hybridized carbons (Fsp3) is 0.889. The molecule has 2 rings (SSSR count). The van der Waals surface area contributed by atoms with E-state index in [1.165, 1.54) is 70.6 Å². The summed E-state index contributed by atoms with van der Waals surface area (Å²) in [5, 5.41) is 3.84. The summed E-state index contributed by atoms with van der Waals surface area (Å²) < 4.78 is 6.13. The highest BCUT2D eigenvalue weighted by Crippen LogP contribution is 2.38. The minimum Gasteiger partial charge on any atom is -0.376 e. The summed E-state index contributed by atoms with van der Waals surface area (Å²) in [6, 6.07) is 0.450. The Balaban J connectivity index is 2.17. The van der Waals surface area contributed by atoms with Crippen LogP contribution in [0.5, 0.6) is 0 Å². The summed E-state index contributed by atoms with van der Waals surface area (Å²) in [7, 11) is 1.93. The van der Waals surface area contributed by atoms with Gasteiger partial charge in [0.05, 0.1) is 11.6 Å². The minimum absolute atomic E-state index is 0.0591. The second-order valence-electron chi connectivity index (χ2n) is 6.60. The predicted octanol–water partition coefficient (Wildman–Crippen LogP) is 4.59. The molecule has 0 bridgehead atoms. The molecule has 0 aromatic heterocycles. The fourth-order valence-corrected chi connectivity index (χ4v) is 4.01. The quantitative estimate of drug-likeness (QED) is 0.718. The fourth-order valence-electron chi connectivity index (χ4n) is 4.01. The summed E-state index contributed by atoms with van der Waals surface area (Å²) in [5.41, 5.74) is 1.70. The predicted molar refractivity (Wildman–Crippen MR) is 86.1 cm³/mol. The van der Waals surface area contributed by atoms with E-state index in [0.29, 0.717) is 6.04 Å². The van der Waals surface area contributed by atoms with Gasteiger partial charge in [-0.3, -0.25) is 0 Å². The Hall–Kier alpha value is -0.340. The first kappa shape index (κ1) is 16.0. The molecule has 1 atom stereocenters. The van der Waals surface area contributed by atoms with Crippen LogP contribution in [0, 0.1) is 0 Å². The zero-order valence-electron chi connectivity index (χ0n) is 13.5. The Bertz CT molecular complexity index is 305. The summed E-state index contributed by atoms with van der Waals surface area (Å²) >= 11 is 0. The largest absolute Gasteiger partial charge is 0.376 e. The molecule has 0 spiro atoms. The van der Waals surface area contributed by atoms with Gasteiger partial charge >= 0.3 is 0 Å². The molecule has 2 aliphatic carbocycles. The molecule has 0 amide bonds. The zero-order valence-corrected chi connectivity index (χ0v) is 13.5. The molecule has 0 aromatic rings. The van der Waals surface area contributed by atoms with E-state index in [9.17, 15) is 0 Å². The van der Waals surface area contributed by atoms with Crippen LogP contribution in [0.15, 0.2) is 11.6 Å². The van der Waals surface area contributed by atoms with Gasteiger partial charge in [-0.25, -0.2) is 0 Å². The van der Waals surface area contributed by atoms with Crippen molar-refractivity contribution >= 4 is 0 Å². The van der Waals surface area contributed by atoms with Gasteiger partial charge in [0.1, 0.15) is 0 Å². The van der Waals surface area contributed by atoms with Crippen molar-refractivity contribution in [3.8, 4) is 0 Å². The van der Waals surface area contributed by atoms with Crippen molar-refractivity contribution in [3.63, 3.8) is 0 Å². The number of nitrogens with one attached hydrogen (secondary N) is 1. The number of hydrogen-bond acceptors (Lipinski definition) is 2. The number of allylic oxidation sites excluding steroid dienone is 1. The molecule has 20 heavy (non-hydrogen) atoms. The average Bonchev–Trinajstić information content (AvgIpc) is 2.78. The molecule has 1 unspecified atom stereocenters. The third kappa shape index (κ3) is 3.85. The van der Waals surface area contributed by atoms with E-state index in [4.69, 9.17) is 4.74 Å². The Morgan fingerprint density at radius 1 is 1.15 bits per heavy atom. The molecular weight excluding hydrogens is 246 g/mol. The first-order valence-corrected chi connectivity index (χ1v) is 8.80. The standard InChI is InChI=1S/C18H33NO/c1-3-15-19-17(16-11-7-4-5-8-12-16)18(20-2)13-9-6-10-14-18/h11,17,19H,3-10,12-15H2,1-2H3. The second kappa shape index (κ2) is 8.19. The molecule has 1 fully saturated rings. The van der Waals surface area contributed by atoms with Crippen molar-refractivity contribution in [3.05, 3.63) is 11.6 Å². The molecule has 2 aliphatic rings. The van der Waals surface area contributed by atoms with Gasteiger partial charge in [0.2, 0.25) is 0 Å². The van der Waals surface area contributed by atoms with Crippen LogP contribution in [-0.2, 0) is 4.74 Å². The molecule has 116 valence electrons. The van der Waals surface area contributed by atoms with E-state index in [-0.39, 0.29) is 5.60 Å². The zero-order chi connectivity index (χ0) is 14.3. The summed E-state index contributed by atoms with van der Waals surface area (Å²) in [4.78, 5) is 0. The maximum Gasteiger partial charge on any atom is 0.0869 e. The van der Waals surface area contributed by atoms with Gasteiger partial charge < -0.3 is 10.1 Å². The van der Waals surface area contributed by atoms with Gasteiger partial charge in [0, 0.05) is 7.11 Å². The first-order valence-electron chi connectivity index (χ1n) is 8.80. The molecule has 1 N–H and O–H groups in total. The number of methoxy groups -OCH3 is 1. The summed E-state index contributed by atoms with van der Waals surface area (Å²) in [6.07, 6.45) is 16.8. The maximum atomic E-state index is 6.13. The van der Waals surface area contributed by atoms with Crippen molar-refractivity contribution in [2.24, 2.45) is 0 Å². The van der Waals surface area contributed by atoms with Crippen LogP contribution in [0.2, 0.25) is 0 Å². The smallest absolute Gasteiger partial charge is 0.0869 e. The normalized spacial score (nSPS) is 24.8. The van der Waals surface area contributed by atoms with Crippen LogP contribution in [-0.4, -0.2) is 25.3 Å². The second-order valence-corrected chi connectivity index (χ2v) is 6.60. The SMILES string of the molecule is CCCNC(C1=CCCCCC1)C1(OC)CCCCC1. The van der Waals surface area contributed by atoms with Gasteiger partial charge in [0.25, 0.3) is 0 Å². The van der Waals surface area contributed by atoms with Crippen LogP contribution in [0.3, 0.4) is 0 Å². The van der Waals surface area contributed by atoms with Crippen molar-refractivity contribution in [1.82, 2.24) is 5.32 Å². The summed E-state index contributed by atoms with van der Waals surface area (Å²) in [5.74, 6) is 0. The van der Waals surface area contributed by atoms with Crippen LogP contribution < -0.4 is 5.32 Å². The highest BCUT2D eigenvalue weighted by molar-refractivity contribution is 5.19. The lowest BCUT2D eigenvalue weighted by Crippen LogP contribution is -2.54. The van der Waals surface area contributed by atoms with Crippen molar-refractivity contribution in [2.75, 3.05) is 13.7 Å². The van der Waals surface area contributed by atoms with Crippen LogP contribution in [0.25, 0.3) is 0 Å². The third-order valence-corrected chi connectivity index (χ3v) is 5.18. The van der Waals surface area contributed by atoms with Crippen molar-refractivity contribution in [1.29, 1.82) is 0 Å². The van der Waals surface area contributed by atoms with E-state index >= 15 is 0 Å². The number of ether oxygens (including phenoxy) is 1. The topological polar surface area (TPSA) is 21.3 Å². The highest BCUT2D eigenvalue weighted by Gasteiger charge is 2.41. The van der Waals surface area contributed by atoms with Gasteiger partial charge in [-0.05, 0) is 51.5 Å². The van der Waals surface area contributed by atoms with E-state index in [2.05, 4.69) is 18.3 Å². The number of hydrogen-bond donors (Lipinski definition) is 1. The van der Waals surface area contributed by atoms with Gasteiger partial charge in [-0.15, -0.1) is 0 Å². The third-order valence-electron chi connectivity index (χ3n) is 5.18. The molecule has 1 saturated carbocycles. The molecule has 0 heterocycles. The van der Waals surface area contributed by atoms with Gasteiger partial charge in [-0.1, -0.05) is 44.3 Å².